The molecule has 0 spiro atoms. The zero-order valence-corrected chi connectivity index (χ0v) is 7.51. The molecule has 0 unspecified atom stereocenters. The molecule has 0 atom stereocenters. The van der Waals surface area contributed by atoms with E-state index in [4.69, 9.17) is 0 Å². The molecule has 0 rings (SSSR count). The van der Waals surface area contributed by atoms with Crippen molar-refractivity contribution >= 4 is 11.6 Å². The van der Waals surface area contributed by atoms with Gasteiger partial charge in [0.2, 0.25) is 5.91 Å². The summed E-state index contributed by atoms with van der Waals surface area (Å²) in [5, 5.41) is 3.84. The molecule has 4 nitrogen and oxygen atoms in total. The summed E-state index contributed by atoms with van der Waals surface area (Å²) in [6.45, 7) is 4.07. The molecular formula is C7H15N3O. The number of hydrazone groups is 1. The average Bonchev–Trinajstić information content (AvgIpc) is 1.82. The molecule has 0 heterocycles. The third-order valence-corrected chi connectivity index (χ3v) is 0.949. The molecule has 0 aromatic carbocycles. The Kier molecular flexibility index (Phi) is 4.45. The van der Waals surface area contributed by atoms with Gasteiger partial charge in [-0.1, -0.05) is 0 Å². The summed E-state index contributed by atoms with van der Waals surface area (Å²) in [6, 6.07) is 0. The van der Waals surface area contributed by atoms with Crippen LogP contribution in [0.3, 0.4) is 0 Å². The van der Waals surface area contributed by atoms with Crippen LogP contribution in [0.5, 0.6) is 0 Å². The van der Waals surface area contributed by atoms with Crippen LogP contribution in [0, 0.1) is 0 Å². The molecule has 0 fully saturated rings. The van der Waals surface area contributed by atoms with Crippen molar-refractivity contribution in [2.24, 2.45) is 5.10 Å². The van der Waals surface area contributed by atoms with Gasteiger partial charge in [0.15, 0.2) is 0 Å². The van der Waals surface area contributed by atoms with Crippen molar-refractivity contribution < 1.29 is 4.79 Å². The topological polar surface area (TPSA) is 44.7 Å². The summed E-state index contributed by atoms with van der Waals surface area (Å²) in [7, 11) is 3.90. The lowest BCUT2D eigenvalue weighted by Gasteiger charge is -2.07. The Labute approximate surface area is 67.3 Å². The van der Waals surface area contributed by atoms with Gasteiger partial charge < -0.3 is 4.90 Å². The third-order valence-electron chi connectivity index (χ3n) is 0.949. The van der Waals surface area contributed by atoms with Gasteiger partial charge in [-0.2, -0.15) is 5.10 Å². The lowest BCUT2D eigenvalue weighted by Crippen LogP contribution is -2.23. The Morgan fingerprint density at radius 2 is 2.00 bits per heavy atom. The van der Waals surface area contributed by atoms with E-state index in [0.717, 1.165) is 12.3 Å². The van der Waals surface area contributed by atoms with Gasteiger partial charge in [-0.15, -0.1) is 0 Å². The highest BCUT2D eigenvalue weighted by Crippen LogP contribution is 1.78. The molecule has 0 saturated heterocycles. The monoisotopic (exact) mass is 157 g/mol. The second-order valence-corrected chi connectivity index (χ2v) is 2.75. The molecule has 0 saturated carbocycles. The maximum atomic E-state index is 10.4. The van der Waals surface area contributed by atoms with Crippen LogP contribution in [0.1, 0.15) is 13.8 Å². The number of hydrogen-bond acceptors (Lipinski definition) is 3. The fourth-order valence-electron chi connectivity index (χ4n) is 0.667. The maximum absolute atomic E-state index is 10.4. The second kappa shape index (κ2) is 4.85. The minimum Gasteiger partial charge on any atom is -0.304 e. The third kappa shape index (κ3) is 6.99. The molecule has 11 heavy (non-hydrogen) atoms. The number of carbonyl (C=O) groups excluding carboxylic acids is 1. The zero-order valence-electron chi connectivity index (χ0n) is 7.51. The number of nitrogens with one attached hydrogen (secondary N) is 1. The van der Waals surface area contributed by atoms with Gasteiger partial charge in [0.1, 0.15) is 0 Å². The Morgan fingerprint density at radius 1 is 1.45 bits per heavy atom. The van der Waals surface area contributed by atoms with Crippen LogP contribution >= 0.6 is 0 Å². The van der Waals surface area contributed by atoms with Gasteiger partial charge in [-0.05, 0) is 21.0 Å². The van der Waals surface area contributed by atoms with Crippen LogP contribution in [0.4, 0.5) is 0 Å². The predicted molar refractivity (Wildman–Crippen MR) is 45.5 cm³/mol. The summed E-state index contributed by atoms with van der Waals surface area (Å²) in [4.78, 5) is 12.4. The minimum atomic E-state index is -0.136. The molecule has 0 aromatic rings. The first-order valence-corrected chi connectivity index (χ1v) is 3.47. The Morgan fingerprint density at radius 3 is 2.36 bits per heavy atom. The van der Waals surface area contributed by atoms with E-state index in [1.807, 2.05) is 25.9 Å². The van der Waals surface area contributed by atoms with Gasteiger partial charge in [0.05, 0.1) is 0 Å². The molecule has 0 radical (unpaired) electrons. The molecule has 0 aromatic heterocycles. The molecule has 0 aliphatic carbocycles. The van der Waals surface area contributed by atoms with E-state index in [1.165, 1.54) is 6.92 Å². The first-order chi connectivity index (χ1) is 5.02. The number of amides is 1. The SMILES string of the molecule is CC(=O)NN=C(C)CN(C)C. The molecule has 1 amide bonds. The normalized spacial score (nSPS) is 11.9. The molecule has 0 bridgehead atoms. The number of hydrogen-bond donors (Lipinski definition) is 1. The number of rotatable bonds is 3. The molecule has 1 N–H and O–H groups in total. The molecule has 64 valence electrons. The second-order valence-electron chi connectivity index (χ2n) is 2.75. The fraction of sp³-hybridized carbons (Fsp3) is 0.714. The van der Waals surface area contributed by atoms with Crippen LogP contribution in [-0.4, -0.2) is 37.2 Å². The predicted octanol–water partition coefficient (Wildman–Crippen LogP) is 0.0600. The van der Waals surface area contributed by atoms with Gasteiger partial charge in [-0.3, -0.25) is 4.79 Å². The first-order valence-electron chi connectivity index (χ1n) is 3.47. The maximum Gasteiger partial charge on any atom is 0.236 e. The highest BCUT2D eigenvalue weighted by molar-refractivity contribution is 5.85. The lowest BCUT2D eigenvalue weighted by molar-refractivity contribution is -0.118. The standard InChI is InChI=1S/C7H15N3O/c1-6(5-10(3)4)8-9-7(2)11/h5H2,1-4H3,(H,9,11). The van der Waals surface area contributed by atoms with Gasteiger partial charge >= 0.3 is 0 Å². The highest BCUT2D eigenvalue weighted by Gasteiger charge is 1.93. The van der Waals surface area contributed by atoms with Gasteiger partial charge in [-0.25, -0.2) is 5.43 Å². The zero-order chi connectivity index (χ0) is 8.85. The van der Waals surface area contributed by atoms with Crippen molar-refractivity contribution in [1.82, 2.24) is 10.3 Å². The van der Waals surface area contributed by atoms with Crippen molar-refractivity contribution in [1.29, 1.82) is 0 Å². The Balaban J connectivity index is 3.72. The Bertz CT molecular complexity index is 163. The van der Waals surface area contributed by atoms with E-state index in [1.54, 1.807) is 0 Å². The summed E-state index contributed by atoms with van der Waals surface area (Å²) in [5.41, 5.74) is 3.27. The van der Waals surface area contributed by atoms with Crippen molar-refractivity contribution in [3.8, 4) is 0 Å². The largest absolute Gasteiger partial charge is 0.304 e. The summed E-state index contributed by atoms with van der Waals surface area (Å²) < 4.78 is 0. The molecule has 4 heteroatoms. The van der Waals surface area contributed by atoms with Crippen LogP contribution in [0.2, 0.25) is 0 Å². The van der Waals surface area contributed by atoms with E-state index in [9.17, 15) is 4.79 Å². The summed E-state index contributed by atoms with van der Waals surface area (Å²) in [6.07, 6.45) is 0. The highest BCUT2D eigenvalue weighted by atomic mass is 16.2. The average molecular weight is 157 g/mol. The van der Waals surface area contributed by atoms with E-state index < -0.39 is 0 Å². The van der Waals surface area contributed by atoms with E-state index >= 15 is 0 Å². The first kappa shape index (κ1) is 10.1. The molecular weight excluding hydrogens is 142 g/mol. The van der Waals surface area contributed by atoms with Crippen molar-refractivity contribution in [3.63, 3.8) is 0 Å². The van der Waals surface area contributed by atoms with Gasteiger partial charge in [0.25, 0.3) is 0 Å². The summed E-state index contributed by atoms with van der Waals surface area (Å²) >= 11 is 0. The smallest absolute Gasteiger partial charge is 0.236 e. The Hall–Kier alpha value is -0.900. The fourth-order valence-corrected chi connectivity index (χ4v) is 0.667. The minimum absolute atomic E-state index is 0.136. The van der Waals surface area contributed by atoms with E-state index in [-0.39, 0.29) is 5.91 Å². The van der Waals surface area contributed by atoms with Crippen LogP contribution in [0.15, 0.2) is 5.10 Å². The van der Waals surface area contributed by atoms with E-state index in [0.29, 0.717) is 0 Å². The van der Waals surface area contributed by atoms with Crippen LogP contribution in [-0.2, 0) is 4.79 Å². The van der Waals surface area contributed by atoms with E-state index in [2.05, 4.69) is 10.5 Å². The number of carbonyl (C=O) groups is 1. The van der Waals surface area contributed by atoms with Crippen LogP contribution < -0.4 is 5.43 Å². The van der Waals surface area contributed by atoms with Crippen molar-refractivity contribution in [3.05, 3.63) is 0 Å². The van der Waals surface area contributed by atoms with Gasteiger partial charge in [0, 0.05) is 19.2 Å². The van der Waals surface area contributed by atoms with Crippen LogP contribution in [0.25, 0.3) is 0 Å². The summed E-state index contributed by atoms with van der Waals surface area (Å²) in [5.74, 6) is -0.136. The number of nitrogens with zero attached hydrogens (tertiary/aromatic N) is 2. The molecule has 0 aliphatic heterocycles. The quantitative estimate of drug-likeness (QED) is 0.465. The molecule has 0 aliphatic rings. The van der Waals surface area contributed by atoms with Crippen molar-refractivity contribution in [2.75, 3.05) is 20.6 Å². The van der Waals surface area contributed by atoms with Crippen molar-refractivity contribution in [2.45, 2.75) is 13.8 Å². The lowest BCUT2D eigenvalue weighted by atomic mass is 10.4.